The van der Waals surface area contributed by atoms with Crippen LogP contribution >= 0.6 is 0 Å². The van der Waals surface area contributed by atoms with Crippen LogP contribution in [-0.2, 0) is 36.8 Å². The van der Waals surface area contributed by atoms with Crippen molar-refractivity contribution in [3.8, 4) is 0 Å². The number of aromatic nitrogens is 2. The number of H-pyrrole nitrogens is 2. The Kier molecular flexibility index (Phi) is 9.24. The number of likely N-dealkylation sites (tertiary alicyclic amines) is 1. The third kappa shape index (κ3) is 6.73. The lowest BCUT2D eigenvalue weighted by atomic mass is 10.0. The highest BCUT2D eigenvalue weighted by molar-refractivity contribution is 5.96. The van der Waals surface area contributed by atoms with Crippen molar-refractivity contribution in [2.75, 3.05) is 19.6 Å². The second-order valence-electron chi connectivity index (χ2n) is 10.8. The first-order valence-corrected chi connectivity index (χ1v) is 14.4. The molecule has 1 saturated heterocycles. The number of aliphatic carboxylic acids is 1. The molecule has 0 unspecified atom stereocenters. The number of aromatic amines is 2. The van der Waals surface area contributed by atoms with Crippen molar-refractivity contribution in [1.82, 2.24) is 30.8 Å². The molecule has 0 radical (unpaired) electrons. The Morgan fingerprint density at radius 2 is 1.48 bits per heavy atom. The summed E-state index contributed by atoms with van der Waals surface area (Å²) in [4.78, 5) is 71.9. The fraction of sp³-hybridized carbons (Fsp3) is 0.323. The number of carboxylic acids is 1. The normalized spacial score (nSPS) is 16.0. The minimum atomic E-state index is -1.19. The van der Waals surface area contributed by atoms with Crippen molar-refractivity contribution < 1.29 is 29.1 Å². The predicted octanol–water partition coefficient (Wildman–Crippen LogP) is 0.555. The average molecular weight is 602 g/mol. The zero-order chi connectivity index (χ0) is 31.2. The molecule has 1 aliphatic rings. The number of hydrogen-bond acceptors (Lipinski definition) is 6. The van der Waals surface area contributed by atoms with Crippen LogP contribution in [0.1, 0.15) is 24.0 Å². The monoisotopic (exact) mass is 601 g/mol. The fourth-order valence-electron chi connectivity index (χ4n) is 5.76. The summed E-state index contributed by atoms with van der Waals surface area (Å²) in [6, 6.07) is 12.1. The number of nitrogens with zero attached hydrogens (tertiary/aromatic N) is 1. The number of hydrogen-bond donors (Lipinski definition) is 7. The first-order chi connectivity index (χ1) is 21.2. The Bertz CT molecular complexity index is 1690. The zero-order valence-corrected chi connectivity index (χ0v) is 24.0. The van der Waals surface area contributed by atoms with Crippen molar-refractivity contribution in [3.05, 3.63) is 72.1 Å². The number of fused-ring (bicyclic) bond motifs is 2. The molecule has 0 aliphatic carbocycles. The van der Waals surface area contributed by atoms with E-state index >= 15 is 0 Å². The molecule has 4 amide bonds. The van der Waals surface area contributed by atoms with Crippen molar-refractivity contribution in [1.29, 1.82) is 0 Å². The molecular formula is C31H35N7O6. The lowest BCUT2D eigenvalue weighted by Crippen LogP contribution is -2.58. The predicted molar refractivity (Wildman–Crippen MR) is 162 cm³/mol. The quantitative estimate of drug-likeness (QED) is 0.123. The van der Waals surface area contributed by atoms with Crippen LogP contribution in [0.3, 0.4) is 0 Å². The van der Waals surface area contributed by atoms with Crippen LogP contribution in [0.15, 0.2) is 60.9 Å². The molecule has 230 valence electrons. The minimum Gasteiger partial charge on any atom is -0.480 e. The van der Waals surface area contributed by atoms with Gasteiger partial charge in [-0.3, -0.25) is 24.0 Å². The Balaban J connectivity index is 1.43. The number of nitrogens with two attached hydrogens (primary N) is 1. The summed E-state index contributed by atoms with van der Waals surface area (Å²) in [5.41, 5.74) is 8.87. The van der Waals surface area contributed by atoms with Gasteiger partial charge in [0.15, 0.2) is 0 Å². The maximum atomic E-state index is 14.1. The van der Waals surface area contributed by atoms with Crippen molar-refractivity contribution >= 4 is 51.4 Å². The van der Waals surface area contributed by atoms with Gasteiger partial charge in [0.2, 0.25) is 23.6 Å². The molecule has 13 nitrogen and oxygen atoms in total. The third-order valence-electron chi connectivity index (χ3n) is 7.90. The SMILES string of the molecule is NCC(=O)N[C@@H](Cc1c[nH]c2ccccc12)C(=O)N[C@@H](Cc1c[nH]c2ccccc12)C(=O)N1CCC[C@H]1C(=O)NCC(=O)O. The molecule has 5 rings (SSSR count). The number of carbonyl (C=O) groups is 5. The number of carbonyl (C=O) groups excluding carboxylic acids is 4. The standard InChI is InChI=1S/C31H35N7O6/c32-14-27(39)36-24(12-18-15-33-22-8-3-1-6-20(18)22)29(42)37-25(13-19-16-34-23-9-4-2-7-21(19)23)31(44)38-11-5-10-26(38)30(43)35-17-28(40)41/h1-4,6-9,15-16,24-26,33-34H,5,10-14,17,32H2,(H,35,43)(H,36,39)(H,37,42)(H,40,41)/t24-,25-,26-/m0/s1. The van der Waals surface area contributed by atoms with E-state index in [2.05, 4.69) is 25.9 Å². The molecule has 1 aliphatic heterocycles. The van der Waals surface area contributed by atoms with E-state index in [1.807, 2.05) is 48.5 Å². The van der Waals surface area contributed by atoms with Gasteiger partial charge in [0.05, 0.1) is 6.54 Å². The molecule has 3 heterocycles. The van der Waals surface area contributed by atoms with E-state index in [1.165, 1.54) is 4.90 Å². The number of carboxylic acid groups (broad SMARTS) is 1. The van der Waals surface area contributed by atoms with Gasteiger partial charge in [0.1, 0.15) is 24.7 Å². The van der Waals surface area contributed by atoms with E-state index in [4.69, 9.17) is 10.8 Å². The maximum Gasteiger partial charge on any atom is 0.322 e. The highest BCUT2D eigenvalue weighted by Gasteiger charge is 2.38. The molecule has 0 spiro atoms. The topological polar surface area (TPSA) is 203 Å². The molecule has 13 heteroatoms. The number of para-hydroxylation sites is 2. The Morgan fingerprint density at radius 3 is 2.07 bits per heavy atom. The van der Waals surface area contributed by atoms with Gasteiger partial charge in [0.25, 0.3) is 0 Å². The minimum absolute atomic E-state index is 0.110. The van der Waals surface area contributed by atoms with Gasteiger partial charge in [-0.05, 0) is 36.1 Å². The summed E-state index contributed by atoms with van der Waals surface area (Å²) >= 11 is 0. The van der Waals surface area contributed by atoms with Gasteiger partial charge in [-0.25, -0.2) is 0 Å². The van der Waals surface area contributed by atoms with Crippen molar-refractivity contribution in [3.63, 3.8) is 0 Å². The van der Waals surface area contributed by atoms with Crippen LogP contribution < -0.4 is 21.7 Å². The summed E-state index contributed by atoms with van der Waals surface area (Å²) in [5, 5.41) is 18.7. The largest absolute Gasteiger partial charge is 0.480 e. The van der Waals surface area contributed by atoms with Crippen LogP contribution in [0, 0.1) is 0 Å². The molecule has 2 aromatic carbocycles. The van der Waals surface area contributed by atoms with Gasteiger partial charge in [-0.15, -0.1) is 0 Å². The average Bonchev–Trinajstić information content (AvgIpc) is 3.78. The van der Waals surface area contributed by atoms with Crippen LogP contribution in [0.5, 0.6) is 0 Å². The van der Waals surface area contributed by atoms with Gasteiger partial charge in [-0.1, -0.05) is 36.4 Å². The lowest BCUT2D eigenvalue weighted by Gasteiger charge is -2.30. The summed E-state index contributed by atoms with van der Waals surface area (Å²) in [5.74, 6) is -3.35. The van der Waals surface area contributed by atoms with Crippen LogP contribution in [0.2, 0.25) is 0 Å². The van der Waals surface area contributed by atoms with E-state index in [0.717, 1.165) is 32.9 Å². The van der Waals surface area contributed by atoms with Gasteiger partial charge < -0.3 is 41.7 Å². The van der Waals surface area contributed by atoms with Gasteiger partial charge in [-0.2, -0.15) is 0 Å². The molecule has 4 aromatic rings. The van der Waals surface area contributed by atoms with Crippen LogP contribution in [0.4, 0.5) is 0 Å². The Morgan fingerprint density at radius 1 is 0.886 bits per heavy atom. The Hall–Kier alpha value is -5.17. The summed E-state index contributed by atoms with van der Waals surface area (Å²) in [6.45, 7) is -0.619. The maximum absolute atomic E-state index is 14.1. The van der Waals surface area contributed by atoms with Crippen LogP contribution in [0.25, 0.3) is 21.8 Å². The molecule has 8 N–H and O–H groups in total. The first-order valence-electron chi connectivity index (χ1n) is 14.4. The van der Waals surface area contributed by atoms with E-state index in [9.17, 15) is 24.0 Å². The van der Waals surface area contributed by atoms with E-state index in [0.29, 0.717) is 12.8 Å². The summed E-state index contributed by atoms with van der Waals surface area (Å²) in [6.07, 6.45) is 4.70. The number of nitrogens with one attached hydrogen (secondary N) is 5. The summed E-state index contributed by atoms with van der Waals surface area (Å²) in [7, 11) is 0. The van der Waals surface area contributed by atoms with Crippen molar-refractivity contribution in [2.45, 2.75) is 43.8 Å². The molecule has 0 saturated carbocycles. The second kappa shape index (κ2) is 13.4. The molecular weight excluding hydrogens is 566 g/mol. The van der Waals surface area contributed by atoms with E-state index in [1.54, 1.807) is 12.4 Å². The smallest absolute Gasteiger partial charge is 0.322 e. The molecule has 0 bridgehead atoms. The van der Waals surface area contributed by atoms with Gasteiger partial charge >= 0.3 is 5.97 Å². The fourth-order valence-corrected chi connectivity index (χ4v) is 5.76. The molecule has 44 heavy (non-hydrogen) atoms. The van der Waals surface area contributed by atoms with E-state index in [-0.39, 0.29) is 25.9 Å². The molecule has 3 atom stereocenters. The molecule has 1 fully saturated rings. The second-order valence-corrected chi connectivity index (χ2v) is 10.8. The molecule has 2 aromatic heterocycles. The first kappa shape index (κ1) is 30.3. The highest BCUT2D eigenvalue weighted by atomic mass is 16.4. The summed E-state index contributed by atoms with van der Waals surface area (Å²) < 4.78 is 0. The zero-order valence-electron chi connectivity index (χ0n) is 24.0. The van der Waals surface area contributed by atoms with Gasteiger partial charge in [0, 0.05) is 53.6 Å². The number of amides is 4. The number of benzene rings is 2. The van der Waals surface area contributed by atoms with Crippen LogP contribution in [-0.4, -0.2) is 87.3 Å². The Labute approximate surface area is 252 Å². The highest BCUT2D eigenvalue weighted by Crippen LogP contribution is 2.24. The third-order valence-corrected chi connectivity index (χ3v) is 7.90. The lowest BCUT2D eigenvalue weighted by molar-refractivity contribution is -0.143. The van der Waals surface area contributed by atoms with E-state index < -0.39 is 54.3 Å². The van der Waals surface area contributed by atoms with Crippen molar-refractivity contribution in [2.24, 2.45) is 5.73 Å². The number of rotatable bonds is 12.